The zero-order valence-electron chi connectivity index (χ0n) is 13.6. The number of anilines is 1. The molecule has 0 heterocycles. The molecule has 1 atom stereocenters. The van der Waals surface area contributed by atoms with Crippen LogP contribution in [0.1, 0.15) is 57.9 Å². The van der Waals surface area contributed by atoms with E-state index in [0.717, 1.165) is 13.1 Å². The normalized spacial score (nSPS) is 12.4. The first-order valence-electron chi connectivity index (χ1n) is 8.26. The molecule has 0 spiro atoms. The number of hydrogen-bond donors (Lipinski definition) is 1. The van der Waals surface area contributed by atoms with Crippen LogP contribution in [-0.2, 0) is 0 Å². The molecule has 2 N–H and O–H groups in total. The van der Waals surface area contributed by atoms with Gasteiger partial charge in [-0.25, -0.2) is 0 Å². The van der Waals surface area contributed by atoms with Crippen molar-refractivity contribution < 1.29 is 0 Å². The third-order valence-corrected chi connectivity index (χ3v) is 4.06. The molecule has 1 rings (SSSR count). The second-order valence-corrected chi connectivity index (χ2v) is 5.71. The zero-order valence-corrected chi connectivity index (χ0v) is 13.6. The van der Waals surface area contributed by atoms with E-state index < -0.39 is 0 Å². The average molecular weight is 276 g/mol. The molecule has 0 radical (unpaired) electrons. The standard InChI is InChI=1S/C18H32N2/c1-4-6-7-8-9-10-18(15-19)20(5-2)17-13-11-16(3)12-14-17/h11-14,18H,4-10,15,19H2,1-3H3. The van der Waals surface area contributed by atoms with E-state index in [-0.39, 0.29) is 0 Å². The van der Waals surface area contributed by atoms with Crippen LogP contribution in [0.25, 0.3) is 0 Å². The van der Waals surface area contributed by atoms with Gasteiger partial charge in [0.05, 0.1) is 0 Å². The number of unbranched alkanes of at least 4 members (excludes halogenated alkanes) is 4. The predicted octanol–water partition coefficient (Wildman–Crippen LogP) is 4.51. The summed E-state index contributed by atoms with van der Waals surface area (Å²) in [6.07, 6.45) is 7.89. The lowest BCUT2D eigenvalue weighted by Crippen LogP contribution is -2.40. The fourth-order valence-corrected chi connectivity index (χ4v) is 2.77. The average Bonchev–Trinajstić information content (AvgIpc) is 2.47. The molecule has 2 nitrogen and oxygen atoms in total. The largest absolute Gasteiger partial charge is 0.368 e. The third-order valence-electron chi connectivity index (χ3n) is 4.06. The molecule has 0 aromatic heterocycles. The van der Waals surface area contributed by atoms with Gasteiger partial charge in [-0.05, 0) is 32.4 Å². The molecule has 20 heavy (non-hydrogen) atoms. The highest BCUT2D eigenvalue weighted by atomic mass is 15.2. The van der Waals surface area contributed by atoms with Crippen LogP contribution in [0.15, 0.2) is 24.3 Å². The van der Waals surface area contributed by atoms with Crippen LogP contribution in [-0.4, -0.2) is 19.1 Å². The summed E-state index contributed by atoms with van der Waals surface area (Å²) in [5.41, 5.74) is 8.64. The zero-order chi connectivity index (χ0) is 14.8. The van der Waals surface area contributed by atoms with E-state index in [1.54, 1.807) is 0 Å². The van der Waals surface area contributed by atoms with Crippen molar-refractivity contribution in [3.8, 4) is 0 Å². The van der Waals surface area contributed by atoms with Gasteiger partial charge in [-0.15, -0.1) is 0 Å². The molecular formula is C18H32N2. The number of likely N-dealkylation sites (N-methyl/N-ethyl adjacent to an activating group) is 1. The van der Waals surface area contributed by atoms with Gasteiger partial charge in [0.2, 0.25) is 0 Å². The summed E-state index contributed by atoms with van der Waals surface area (Å²) in [5.74, 6) is 0. The molecule has 0 saturated carbocycles. The summed E-state index contributed by atoms with van der Waals surface area (Å²) in [6.45, 7) is 8.39. The van der Waals surface area contributed by atoms with Crippen molar-refractivity contribution in [3.05, 3.63) is 29.8 Å². The quantitative estimate of drug-likeness (QED) is 0.637. The van der Waals surface area contributed by atoms with Crippen LogP contribution in [0.3, 0.4) is 0 Å². The molecule has 0 aliphatic carbocycles. The summed E-state index contributed by atoms with van der Waals surface area (Å²) in [4.78, 5) is 2.46. The van der Waals surface area contributed by atoms with Gasteiger partial charge in [0.15, 0.2) is 0 Å². The molecular weight excluding hydrogens is 244 g/mol. The maximum absolute atomic E-state index is 6.02. The van der Waals surface area contributed by atoms with Gasteiger partial charge in [-0.3, -0.25) is 0 Å². The van der Waals surface area contributed by atoms with Gasteiger partial charge < -0.3 is 10.6 Å². The van der Waals surface area contributed by atoms with Crippen molar-refractivity contribution in [3.63, 3.8) is 0 Å². The molecule has 114 valence electrons. The molecule has 0 saturated heterocycles. The second-order valence-electron chi connectivity index (χ2n) is 5.71. The van der Waals surface area contributed by atoms with E-state index in [1.165, 1.54) is 49.8 Å². The van der Waals surface area contributed by atoms with Crippen molar-refractivity contribution in [2.45, 2.75) is 65.3 Å². The van der Waals surface area contributed by atoms with Crippen LogP contribution < -0.4 is 10.6 Å². The van der Waals surface area contributed by atoms with Crippen molar-refractivity contribution in [2.75, 3.05) is 18.0 Å². The highest BCUT2D eigenvalue weighted by molar-refractivity contribution is 5.48. The lowest BCUT2D eigenvalue weighted by molar-refractivity contribution is 0.515. The lowest BCUT2D eigenvalue weighted by atomic mass is 10.0. The monoisotopic (exact) mass is 276 g/mol. The first kappa shape index (κ1) is 17.0. The molecule has 0 bridgehead atoms. The Morgan fingerprint density at radius 2 is 1.65 bits per heavy atom. The molecule has 0 amide bonds. The lowest BCUT2D eigenvalue weighted by Gasteiger charge is -2.32. The van der Waals surface area contributed by atoms with E-state index in [4.69, 9.17) is 5.73 Å². The summed E-state index contributed by atoms with van der Waals surface area (Å²) in [5, 5.41) is 0. The number of rotatable bonds is 10. The van der Waals surface area contributed by atoms with Crippen LogP contribution in [0.4, 0.5) is 5.69 Å². The predicted molar refractivity (Wildman–Crippen MR) is 90.4 cm³/mol. The van der Waals surface area contributed by atoms with Crippen molar-refractivity contribution in [1.29, 1.82) is 0 Å². The summed E-state index contributed by atoms with van der Waals surface area (Å²) in [7, 11) is 0. The number of nitrogens with zero attached hydrogens (tertiary/aromatic N) is 1. The number of benzene rings is 1. The van der Waals surface area contributed by atoms with E-state index in [2.05, 4.69) is 49.9 Å². The van der Waals surface area contributed by atoms with E-state index in [9.17, 15) is 0 Å². The van der Waals surface area contributed by atoms with E-state index in [0.29, 0.717) is 6.04 Å². The Hall–Kier alpha value is -1.02. The minimum absolute atomic E-state index is 0.476. The first-order chi connectivity index (χ1) is 9.72. The molecule has 0 aliphatic rings. The first-order valence-corrected chi connectivity index (χ1v) is 8.26. The molecule has 1 aromatic rings. The van der Waals surface area contributed by atoms with E-state index >= 15 is 0 Å². The highest BCUT2D eigenvalue weighted by Gasteiger charge is 2.15. The van der Waals surface area contributed by atoms with Gasteiger partial charge in [-0.2, -0.15) is 0 Å². The van der Waals surface area contributed by atoms with Crippen molar-refractivity contribution in [1.82, 2.24) is 0 Å². The molecule has 1 unspecified atom stereocenters. The van der Waals surface area contributed by atoms with Gasteiger partial charge >= 0.3 is 0 Å². The molecule has 2 heteroatoms. The fourth-order valence-electron chi connectivity index (χ4n) is 2.77. The Morgan fingerprint density at radius 3 is 2.20 bits per heavy atom. The maximum atomic E-state index is 6.02. The van der Waals surface area contributed by atoms with Crippen LogP contribution in [0, 0.1) is 6.92 Å². The smallest absolute Gasteiger partial charge is 0.0412 e. The van der Waals surface area contributed by atoms with Crippen LogP contribution in [0.2, 0.25) is 0 Å². The minimum Gasteiger partial charge on any atom is -0.368 e. The van der Waals surface area contributed by atoms with Gasteiger partial charge in [-0.1, -0.05) is 56.7 Å². The summed E-state index contributed by atoms with van der Waals surface area (Å²) < 4.78 is 0. The molecule has 0 aliphatic heterocycles. The Morgan fingerprint density at radius 1 is 1.00 bits per heavy atom. The molecule has 0 fully saturated rings. The number of hydrogen-bond acceptors (Lipinski definition) is 2. The van der Waals surface area contributed by atoms with Gasteiger partial charge in [0, 0.05) is 24.8 Å². The SMILES string of the molecule is CCCCCCCC(CN)N(CC)c1ccc(C)cc1. The Balaban J connectivity index is 2.53. The van der Waals surface area contributed by atoms with Crippen molar-refractivity contribution in [2.24, 2.45) is 5.73 Å². The molecule has 1 aromatic carbocycles. The van der Waals surface area contributed by atoms with Crippen molar-refractivity contribution >= 4 is 5.69 Å². The van der Waals surface area contributed by atoms with Crippen LogP contribution in [0.5, 0.6) is 0 Å². The van der Waals surface area contributed by atoms with E-state index in [1.807, 2.05) is 0 Å². The van der Waals surface area contributed by atoms with Gasteiger partial charge in [0.1, 0.15) is 0 Å². The Labute approximate surface area is 125 Å². The number of nitrogens with two attached hydrogens (primary N) is 1. The van der Waals surface area contributed by atoms with Gasteiger partial charge in [0.25, 0.3) is 0 Å². The minimum atomic E-state index is 0.476. The topological polar surface area (TPSA) is 29.3 Å². The fraction of sp³-hybridized carbons (Fsp3) is 0.667. The number of aryl methyl sites for hydroxylation is 1. The van der Waals surface area contributed by atoms with Crippen LogP contribution >= 0.6 is 0 Å². The third kappa shape index (κ3) is 5.54. The summed E-state index contributed by atoms with van der Waals surface area (Å²) in [6, 6.07) is 9.29. The second kappa shape index (κ2) is 9.82. The highest BCUT2D eigenvalue weighted by Crippen LogP contribution is 2.20. The summed E-state index contributed by atoms with van der Waals surface area (Å²) >= 11 is 0. The Bertz CT molecular complexity index is 345. The maximum Gasteiger partial charge on any atom is 0.0412 e. The Kier molecular flexibility index (Phi) is 8.36.